The van der Waals surface area contributed by atoms with Gasteiger partial charge in [0.1, 0.15) is 23.7 Å². The number of anilines is 1. The van der Waals surface area contributed by atoms with E-state index in [1.54, 1.807) is 30.2 Å². The predicted octanol–water partition coefficient (Wildman–Crippen LogP) is 2.52. The van der Waals surface area contributed by atoms with Crippen LogP contribution < -0.4 is 4.90 Å². The van der Waals surface area contributed by atoms with Crippen LogP contribution in [0.4, 0.5) is 10.2 Å². The molecule has 2 N–H and O–H groups in total. The monoisotopic (exact) mass is 405 g/mol. The summed E-state index contributed by atoms with van der Waals surface area (Å²) in [6, 6.07) is 5.15. The molecule has 1 saturated heterocycles. The minimum Gasteiger partial charge on any atom is -0.392 e. The fraction of sp³-hybridized carbons (Fsp3) is 0.333. The van der Waals surface area contributed by atoms with E-state index in [1.807, 2.05) is 6.07 Å². The number of nitrogens with one attached hydrogen (secondary N) is 1. The van der Waals surface area contributed by atoms with Crippen molar-refractivity contribution in [3.63, 3.8) is 0 Å². The van der Waals surface area contributed by atoms with Gasteiger partial charge in [0.25, 0.3) is 0 Å². The zero-order valence-corrected chi connectivity index (χ0v) is 16.4. The largest absolute Gasteiger partial charge is 0.392 e. The zero-order chi connectivity index (χ0) is 20.5. The Hall–Kier alpha value is -3.33. The van der Waals surface area contributed by atoms with Gasteiger partial charge in [0.05, 0.1) is 23.5 Å². The Morgan fingerprint density at radius 1 is 1.27 bits per heavy atom. The molecule has 1 aliphatic carbocycles. The number of aromatic amines is 1. The first-order chi connectivity index (χ1) is 14.5. The molecule has 0 bridgehead atoms. The number of aromatic nitrogens is 6. The lowest BCUT2D eigenvalue weighted by Crippen LogP contribution is -2.22. The SMILES string of the molecule is Cn1cc(-c2cc3c(-c4cc(N5CCC6(C[C@@H]6O)C5)ncn4)n[nH]c3cc2F)cn1. The Kier molecular flexibility index (Phi) is 3.55. The molecular weight excluding hydrogens is 385 g/mol. The summed E-state index contributed by atoms with van der Waals surface area (Å²) in [5.41, 5.74) is 3.15. The second kappa shape index (κ2) is 6.09. The first-order valence-electron chi connectivity index (χ1n) is 9.94. The van der Waals surface area contributed by atoms with E-state index in [1.165, 1.54) is 12.4 Å². The van der Waals surface area contributed by atoms with Gasteiger partial charge in [-0.1, -0.05) is 0 Å². The molecule has 1 saturated carbocycles. The van der Waals surface area contributed by atoms with Crippen molar-refractivity contribution in [2.24, 2.45) is 12.5 Å². The van der Waals surface area contributed by atoms with E-state index in [0.29, 0.717) is 28.0 Å². The van der Waals surface area contributed by atoms with Gasteiger partial charge in [-0.3, -0.25) is 9.78 Å². The third-order valence-corrected chi connectivity index (χ3v) is 6.42. The van der Waals surface area contributed by atoms with E-state index in [2.05, 4.69) is 30.2 Å². The number of hydrogen-bond acceptors (Lipinski definition) is 6. The fourth-order valence-corrected chi connectivity index (χ4v) is 4.52. The van der Waals surface area contributed by atoms with E-state index in [0.717, 1.165) is 37.1 Å². The highest BCUT2D eigenvalue weighted by Gasteiger charge is 2.57. The van der Waals surface area contributed by atoms with Crippen LogP contribution in [0.15, 0.2) is 36.9 Å². The maximum atomic E-state index is 14.7. The summed E-state index contributed by atoms with van der Waals surface area (Å²) >= 11 is 0. The summed E-state index contributed by atoms with van der Waals surface area (Å²) in [6.45, 7) is 1.67. The molecule has 2 fully saturated rings. The number of aliphatic hydroxyl groups is 1. The van der Waals surface area contributed by atoms with Crippen molar-refractivity contribution in [2.75, 3.05) is 18.0 Å². The summed E-state index contributed by atoms with van der Waals surface area (Å²) in [6.07, 6.45) is 6.61. The molecule has 30 heavy (non-hydrogen) atoms. The molecule has 1 unspecified atom stereocenters. The van der Waals surface area contributed by atoms with Gasteiger partial charge < -0.3 is 10.0 Å². The summed E-state index contributed by atoms with van der Waals surface area (Å²) in [4.78, 5) is 11.0. The highest BCUT2D eigenvalue weighted by molar-refractivity contribution is 5.95. The number of rotatable bonds is 3. The minimum absolute atomic E-state index is 0.0420. The molecular formula is C21H20FN7O. The molecule has 4 heterocycles. The molecule has 8 nitrogen and oxygen atoms in total. The zero-order valence-electron chi connectivity index (χ0n) is 16.4. The first-order valence-corrected chi connectivity index (χ1v) is 9.94. The Morgan fingerprint density at radius 2 is 2.13 bits per heavy atom. The van der Waals surface area contributed by atoms with Gasteiger partial charge in [0.2, 0.25) is 0 Å². The Morgan fingerprint density at radius 3 is 2.87 bits per heavy atom. The van der Waals surface area contributed by atoms with Crippen LogP contribution >= 0.6 is 0 Å². The Balaban J connectivity index is 1.40. The van der Waals surface area contributed by atoms with Crippen molar-refractivity contribution in [3.8, 4) is 22.5 Å². The van der Waals surface area contributed by atoms with Gasteiger partial charge in [-0.25, -0.2) is 14.4 Å². The number of nitrogens with zero attached hydrogens (tertiary/aromatic N) is 6. The number of benzene rings is 1. The molecule has 2 atom stereocenters. The van der Waals surface area contributed by atoms with Crippen LogP contribution in [0.2, 0.25) is 0 Å². The highest BCUT2D eigenvalue weighted by atomic mass is 19.1. The lowest BCUT2D eigenvalue weighted by molar-refractivity contribution is 0.228. The van der Waals surface area contributed by atoms with Crippen LogP contribution in [-0.2, 0) is 7.05 Å². The van der Waals surface area contributed by atoms with Crippen molar-refractivity contribution < 1.29 is 9.50 Å². The molecule has 1 aromatic carbocycles. The second-order valence-corrected chi connectivity index (χ2v) is 8.37. The van der Waals surface area contributed by atoms with E-state index in [-0.39, 0.29) is 17.3 Å². The first kappa shape index (κ1) is 17.5. The van der Waals surface area contributed by atoms with Crippen LogP contribution in [0.5, 0.6) is 0 Å². The van der Waals surface area contributed by atoms with Gasteiger partial charge in [-0.05, 0) is 18.9 Å². The molecule has 0 amide bonds. The quantitative estimate of drug-likeness (QED) is 0.544. The van der Waals surface area contributed by atoms with Gasteiger partial charge in [0, 0.05) is 60.4 Å². The van der Waals surface area contributed by atoms with Crippen molar-refractivity contribution in [1.82, 2.24) is 29.9 Å². The number of halogens is 1. The number of fused-ring (bicyclic) bond motifs is 1. The van der Waals surface area contributed by atoms with Gasteiger partial charge >= 0.3 is 0 Å². The van der Waals surface area contributed by atoms with Crippen molar-refractivity contribution in [2.45, 2.75) is 18.9 Å². The number of aliphatic hydroxyl groups excluding tert-OH is 1. The average molecular weight is 405 g/mol. The molecule has 2 aliphatic rings. The summed E-state index contributed by atoms with van der Waals surface area (Å²) in [5, 5.41) is 22.2. The van der Waals surface area contributed by atoms with E-state index in [9.17, 15) is 9.50 Å². The van der Waals surface area contributed by atoms with Gasteiger partial charge in [0.15, 0.2) is 0 Å². The molecule has 4 aromatic rings. The van der Waals surface area contributed by atoms with Gasteiger partial charge in [-0.15, -0.1) is 0 Å². The number of aryl methyl sites for hydroxylation is 1. The maximum Gasteiger partial charge on any atom is 0.133 e. The Labute approximate surface area is 171 Å². The van der Waals surface area contributed by atoms with Crippen LogP contribution in [0, 0.1) is 11.2 Å². The molecule has 6 rings (SSSR count). The number of H-pyrrole nitrogens is 1. The van der Waals surface area contributed by atoms with Crippen LogP contribution in [0.1, 0.15) is 12.8 Å². The molecule has 0 radical (unpaired) electrons. The van der Waals surface area contributed by atoms with Crippen LogP contribution in [0.25, 0.3) is 33.4 Å². The van der Waals surface area contributed by atoms with Crippen molar-refractivity contribution in [3.05, 3.63) is 42.7 Å². The van der Waals surface area contributed by atoms with E-state index in [4.69, 9.17) is 0 Å². The van der Waals surface area contributed by atoms with Crippen LogP contribution in [-0.4, -0.2) is 54.2 Å². The lowest BCUT2D eigenvalue weighted by atomic mass is 10.0. The predicted molar refractivity (Wildman–Crippen MR) is 109 cm³/mol. The molecule has 9 heteroatoms. The molecule has 3 aromatic heterocycles. The summed E-state index contributed by atoms with van der Waals surface area (Å²) < 4.78 is 16.3. The third-order valence-electron chi connectivity index (χ3n) is 6.42. The molecule has 1 aliphatic heterocycles. The van der Waals surface area contributed by atoms with E-state index < -0.39 is 0 Å². The smallest absolute Gasteiger partial charge is 0.133 e. The average Bonchev–Trinajstić information content (AvgIpc) is 3.16. The highest BCUT2D eigenvalue weighted by Crippen LogP contribution is 2.53. The van der Waals surface area contributed by atoms with Crippen molar-refractivity contribution in [1.29, 1.82) is 0 Å². The second-order valence-electron chi connectivity index (χ2n) is 8.37. The van der Waals surface area contributed by atoms with E-state index >= 15 is 0 Å². The normalized spacial score (nSPS) is 23.0. The minimum atomic E-state index is -0.334. The standard InChI is InChI=1S/C21H20FN7O/c1-28-9-12(8-25-28)13-4-14-16(5-15(13)22)26-27-20(14)17-6-19(24-11-23-17)29-3-2-21(10-29)7-18(21)30/h4-6,8-9,11,18,30H,2-3,7,10H2,1H3,(H,26,27)/t18-,21?/m0/s1. The molecule has 1 spiro atoms. The number of hydrogen-bond donors (Lipinski definition) is 2. The summed E-state index contributed by atoms with van der Waals surface area (Å²) in [5.74, 6) is 0.487. The maximum absolute atomic E-state index is 14.7. The lowest BCUT2D eigenvalue weighted by Gasteiger charge is -2.17. The third kappa shape index (κ3) is 2.62. The van der Waals surface area contributed by atoms with Crippen molar-refractivity contribution >= 4 is 16.7 Å². The van der Waals surface area contributed by atoms with Crippen LogP contribution in [0.3, 0.4) is 0 Å². The topological polar surface area (TPSA) is 95.7 Å². The fourth-order valence-electron chi connectivity index (χ4n) is 4.52. The Bertz CT molecular complexity index is 1280. The molecule has 152 valence electrons. The van der Waals surface area contributed by atoms with Gasteiger partial charge in [-0.2, -0.15) is 10.2 Å². The summed E-state index contributed by atoms with van der Waals surface area (Å²) in [7, 11) is 1.80.